The van der Waals surface area contributed by atoms with Crippen molar-refractivity contribution in [2.75, 3.05) is 13.7 Å². The number of aliphatic hydroxyl groups is 2. The monoisotopic (exact) mass is 434 g/mol. The number of aliphatic hydroxyl groups excluding tert-OH is 1. The lowest BCUT2D eigenvalue weighted by Crippen LogP contribution is -2.53. The first kappa shape index (κ1) is 25.2. The molecule has 0 heterocycles. The SMILES string of the molecule is CC.COCC12CCC(O)CC1=CCC1C2CCC2(C)C(CCCC(C)(C)O)CCC12. The average molecular weight is 435 g/mol. The molecule has 0 aromatic carbocycles. The molecule has 3 nitrogen and oxygen atoms in total. The predicted molar refractivity (Wildman–Crippen MR) is 129 cm³/mol. The summed E-state index contributed by atoms with van der Waals surface area (Å²) in [6, 6.07) is 0. The smallest absolute Gasteiger partial charge is 0.0591 e. The van der Waals surface area contributed by atoms with E-state index in [1.807, 2.05) is 34.8 Å². The highest BCUT2D eigenvalue weighted by atomic mass is 16.5. The highest BCUT2D eigenvalue weighted by Gasteiger charge is 2.59. The standard InChI is InChI=1S/C26H44O3.C2H6/c1-24(2,28)13-5-6-18-8-10-22-21-9-7-19-16-20(27)11-15-26(19,17-29-4)23(21)12-14-25(18,22)3;1-2/h7,18,20-23,27-28H,5-6,8-17H2,1-4H3;1-2H3. The van der Waals surface area contributed by atoms with Crippen molar-refractivity contribution in [3.63, 3.8) is 0 Å². The van der Waals surface area contributed by atoms with Crippen LogP contribution in [0.15, 0.2) is 11.6 Å². The van der Waals surface area contributed by atoms with E-state index in [1.165, 1.54) is 44.1 Å². The van der Waals surface area contributed by atoms with Gasteiger partial charge in [0, 0.05) is 12.5 Å². The lowest BCUT2D eigenvalue weighted by atomic mass is 9.47. The van der Waals surface area contributed by atoms with Gasteiger partial charge in [0.05, 0.1) is 18.3 Å². The number of ether oxygens (including phenoxy) is 1. The Kier molecular flexibility index (Phi) is 8.03. The summed E-state index contributed by atoms with van der Waals surface area (Å²) in [5, 5.41) is 20.4. The van der Waals surface area contributed by atoms with Gasteiger partial charge in [-0.1, -0.05) is 38.8 Å². The largest absolute Gasteiger partial charge is 0.393 e. The van der Waals surface area contributed by atoms with Crippen LogP contribution < -0.4 is 0 Å². The van der Waals surface area contributed by atoms with Crippen molar-refractivity contribution in [3.8, 4) is 0 Å². The van der Waals surface area contributed by atoms with E-state index in [9.17, 15) is 10.2 Å². The van der Waals surface area contributed by atoms with Gasteiger partial charge in [-0.05, 0) is 107 Å². The molecule has 0 aromatic rings. The van der Waals surface area contributed by atoms with Crippen molar-refractivity contribution in [2.45, 2.75) is 117 Å². The Morgan fingerprint density at radius 1 is 1.10 bits per heavy atom. The number of hydrogen-bond donors (Lipinski definition) is 2. The first-order valence-corrected chi connectivity index (χ1v) is 13.3. The van der Waals surface area contributed by atoms with Crippen molar-refractivity contribution in [2.24, 2.45) is 34.5 Å². The van der Waals surface area contributed by atoms with Crippen LogP contribution in [0.25, 0.3) is 0 Å². The third-order valence-electron chi connectivity index (χ3n) is 9.74. The molecule has 7 unspecified atom stereocenters. The lowest BCUT2D eigenvalue weighted by molar-refractivity contribution is -0.0816. The minimum absolute atomic E-state index is 0.150. The van der Waals surface area contributed by atoms with Crippen LogP contribution in [0.1, 0.15) is 105 Å². The van der Waals surface area contributed by atoms with Crippen LogP contribution in [0, 0.1) is 34.5 Å². The maximum Gasteiger partial charge on any atom is 0.0591 e. The van der Waals surface area contributed by atoms with Gasteiger partial charge >= 0.3 is 0 Å². The van der Waals surface area contributed by atoms with Crippen molar-refractivity contribution >= 4 is 0 Å². The van der Waals surface area contributed by atoms with Crippen LogP contribution in [0.2, 0.25) is 0 Å². The lowest BCUT2D eigenvalue weighted by Gasteiger charge is -2.59. The molecule has 0 aromatic heterocycles. The van der Waals surface area contributed by atoms with E-state index >= 15 is 0 Å². The second-order valence-corrected chi connectivity index (χ2v) is 11.9. The minimum atomic E-state index is -0.529. The molecule has 3 saturated carbocycles. The Hall–Kier alpha value is -0.380. The average Bonchev–Trinajstić information content (AvgIpc) is 3.06. The fourth-order valence-electron chi connectivity index (χ4n) is 8.33. The summed E-state index contributed by atoms with van der Waals surface area (Å²) in [7, 11) is 1.86. The Bertz CT molecular complexity index is 620. The Morgan fingerprint density at radius 3 is 2.52 bits per heavy atom. The molecule has 0 amide bonds. The molecule has 0 aliphatic heterocycles. The number of fused-ring (bicyclic) bond motifs is 5. The van der Waals surface area contributed by atoms with E-state index in [4.69, 9.17) is 4.74 Å². The zero-order valence-corrected chi connectivity index (χ0v) is 21.3. The molecule has 2 N–H and O–H groups in total. The van der Waals surface area contributed by atoms with Crippen LogP contribution in [-0.4, -0.2) is 35.6 Å². The molecule has 180 valence electrons. The summed E-state index contributed by atoms with van der Waals surface area (Å²) in [4.78, 5) is 0. The van der Waals surface area contributed by atoms with E-state index in [1.54, 1.807) is 0 Å². The van der Waals surface area contributed by atoms with Crippen LogP contribution >= 0.6 is 0 Å². The number of allylic oxidation sites excluding steroid dienone is 1. The van der Waals surface area contributed by atoms with E-state index < -0.39 is 5.60 Å². The Labute approximate surface area is 192 Å². The summed E-state index contributed by atoms with van der Waals surface area (Å²) in [6.45, 7) is 11.3. The van der Waals surface area contributed by atoms with Crippen LogP contribution in [0.5, 0.6) is 0 Å². The molecule has 4 aliphatic carbocycles. The molecule has 0 spiro atoms. The van der Waals surface area contributed by atoms with Crippen LogP contribution in [0.4, 0.5) is 0 Å². The quantitative estimate of drug-likeness (QED) is 0.468. The van der Waals surface area contributed by atoms with Crippen molar-refractivity contribution in [1.82, 2.24) is 0 Å². The van der Waals surface area contributed by atoms with Gasteiger partial charge in [0.15, 0.2) is 0 Å². The van der Waals surface area contributed by atoms with E-state index in [-0.39, 0.29) is 11.5 Å². The first-order valence-electron chi connectivity index (χ1n) is 13.3. The summed E-state index contributed by atoms with van der Waals surface area (Å²) >= 11 is 0. The summed E-state index contributed by atoms with van der Waals surface area (Å²) in [5.41, 5.74) is 1.66. The second kappa shape index (κ2) is 9.85. The minimum Gasteiger partial charge on any atom is -0.393 e. The fraction of sp³-hybridized carbons (Fsp3) is 0.929. The molecule has 4 rings (SSSR count). The zero-order chi connectivity index (χ0) is 22.9. The van der Waals surface area contributed by atoms with E-state index in [2.05, 4.69) is 13.0 Å². The van der Waals surface area contributed by atoms with E-state index in [0.717, 1.165) is 62.4 Å². The van der Waals surface area contributed by atoms with Crippen molar-refractivity contribution in [3.05, 3.63) is 11.6 Å². The third kappa shape index (κ3) is 4.80. The molecule has 3 heteroatoms. The molecule has 0 radical (unpaired) electrons. The van der Waals surface area contributed by atoms with Gasteiger partial charge in [-0.3, -0.25) is 0 Å². The normalized spacial score (nSPS) is 41.9. The summed E-state index contributed by atoms with van der Waals surface area (Å²) < 4.78 is 5.82. The highest BCUT2D eigenvalue weighted by Crippen LogP contribution is 2.66. The Morgan fingerprint density at radius 2 is 1.84 bits per heavy atom. The summed E-state index contributed by atoms with van der Waals surface area (Å²) in [6.07, 6.45) is 15.3. The molecular weight excluding hydrogens is 384 g/mol. The molecular formula is C28H50O3. The molecule has 7 atom stereocenters. The fourth-order valence-corrected chi connectivity index (χ4v) is 8.33. The maximum atomic E-state index is 10.3. The van der Waals surface area contributed by atoms with E-state index in [0.29, 0.717) is 5.41 Å². The molecule has 31 heavy (non-hydrogen) atoms. The number of methoxy groups -OCH3 is 1. The van der Waals surface area contributed by atoms with Gasteiger partial charge in [0.2, 0.25) is 0 Å². The van der Waals surface area contributed by atoms with Gasteiger partial charge in [0.1, 0.15) is 0 Å². The molecule has 4 aliphatic rings. The van der Waals surface area contributed by atoms with Gasteiger partial charge < -0.3 is 14.9 Å². The number of hydrogen-bond acceptors (Lipinski definition) is 3. The van der Waals surface area contributed by atoms with Crippen molar-refractivity contribution < 1.29 is 14.9 Å². The van der Waals surface area contributed by atoms with Crippen LogP contribution in [-0.2, 0) is 4.74 Å². The predicted octanol–water partition coefficient (Wildman–Crippen LogP) is 6.52. The van der Waals surface area contributed by atoms with Crippen LogP contribution in [0.3, 0.4) is 0 Å². The van der Waals surface area contributed by atoms with Gasteiger partial charge in [-0.15, -0.1) is 0 Å². The Balaban J connectivity index is 0.00000132. The topological polar surface area (TPSA) is 49.7 Å². The van der Waals surface area contributed by atoms with Gasteiger partial charge in [-0.2, -0.15) is 0 Å². The highest BCUT2D eigenvalue weighted by molar-refractivity contribution is 5.26. The first-order chi connectivity index (χ1) is 14.7. The second-order valence-electron chi connectivity index (χ2n) is 11.9. The molecule has 3 fully saturated rings. The zero-order valence-electron chi connectivity index (χ0n) is 21.3. The van der Waals surface area contributed by atoms with Crippen molar-refractivity contribution in [1.29, 1.82) is 0 Å². The number of rotatable bonds is 6. The summed E-state index contributed by atoms with van der Waals surface area (Å²) in [5.74, 6) is 3.20. The maximum absolute atomic E-state index is 10.3. The van der Waals surface area contributed by atoms with Gasteiger partial charge in [-0.25, -0.2) is 0 Å². The molecule has 0 bridgehead atoms. The third-order valence-corrected chi connectivity index (χ3v) is 9.74. The molecule has 0 saturated heterocycles. The van der Waals surface area contributed by atoms with Gasteiger partial charge in [0.25, 0.3) is 0 Å².